The monoisotopic (exact) mass is 139 g/mol. The summed E-state index contributed by atoms with van der Waals surface area (Å²) in [7, 11) is 0. The molecule has 2 rings (SSSR count). The number of thiazole rings is 1. The van der Waals surface area contributed by atoms with Gasteiger partial charge in [0.05, 0.1) is 0 Å². The molecule has 0 fully saturated rings. The van der Waals surface area contributed by atoms with E-state index in [2.05, 4.69) is 10.1 Å². The van der Waals surface area contributed by atoms with Gasteiger partial charge in [-0.1, -0.05) is 0 Å². The average molecular weight is 139 g/mol. The molecule has 0 radical (unpaired) electrons. The van der Waals surface area contributed by atoms with E-state index in [0.29, 0.717) is 0 Å². The molecule has 3 nitrogen and oxygen atoms in total. The van der Waals surface area contributed by atoms with Gasteiger partial charge in [-0.05, 0) is 6.92 Å². The number of aromatic nitrogens is 3. The van der Waals surface area contributed by atoms with Crippen molar-refractivity contribution in [1.82, 2.24) is 14.6 Å². The van der Waals surface area contributed by atoms with Crippen LogP contribution in [0, 0.1) is 6.92 Å². The summed E-state index contributed by atoms with van der Waals surface area (Å²) in [6.07, 6.45) is 3.53. The van der Waals surface area contributed by atoms with Gasteiger partial charge in [-0.25, -0.2) is 9.50 Å². The van der Waals surface area contributed by atoms with E-state index in [1.165, 1.54) is 4.88 Å². The first kappa shape index (κ1) is 4.93. The summed E-state index contributed by atoms with van der Waals surface area (Å²) in [5.41, 5.74) is 0. The van der Waals surface area contributed by atoms with Crippen molar-refractivity contribution >= 4 is 16.3 Å². The zero-order valence-corrected chi connectivity index (χ0v) is 5.72. The molecule has 0 spiro atoms. The SMILES string of the molecule is Cc1cn2ncnc2s1. The maximum absolute atomic E-state index is 4.01. The lowest BCUT2D eigenvalue weighted by Gasteiger charge is -1.71. The Morgan fingerprint density at radius 1 is 1.67 bits per heavy atom. The summed E-state index contributed by atoms with van der Waals surface area (Å²) in [5.74, 6) is 0. The maximum atomic E-state index is 4.01. The maximum Gasteiger partial charge on any atom is 0.212 e. The van der Waals surface area contributed by atoms with Crippen molar-refractivity contribution in [1.29, 1.82) is 0 Å². The minimum atomic E-state index is 0.965. The molecule has 0 aliphatic carbocycles. The Morgan fingerprint density at radius 3 is 3.33 bits per heavy atom. The van der Waals surface area contributed by atoms with Gasteiger partial charge in [0.2, 0.25) is 4.96 Å². The number of aryl methyl sites for hydroxylation is 1. The summed E-state index contributed by atoms with van der Waals surface area (Å²) < 4.78 is 1.78. The van der Waals surface area contributed by atoms with Gasteiger partial charge >= 0.3 is 0 Å². The van der Waals surface area contributed by atoms with Crippen molar-refractivity contribution in [2.24, 2.45) is 0 Å². The van der Waals surface area contributed by atoms with Crippen molar-refractivity contribution in [2.75, 3.05) is 0 Å². The second kappa shape index (κ2) is 1.54. The Kier molecular flexibility index (Phi) is 0.843. The highest BCUT2D eigenvalue weighted by molar-refractivity contribution is 7.16. The van der Waals surface area contributed by atoms with Gasteiger partial charge in [0.15, 0.2) is 0 Å². The smallest absolute Gasteiger partial charge is 0.211 e. The highest BCUT2D eigenvalue weighted by Crippen LogP contribution is 2.11. The number of hydrogen-bond acceptors (Lipinski definition) is 3. The first-order valence-corrected chi connectivity index (χ1v) is 3.44. The van der Waals surface area contributed by atoms with Crippen molar-refractivity contribution in [3.05, 3.63) is 17.4 Å². The Labute approximate surface area is 56.0 Å². The molecule has 2 aromatic rings. The van der Waals surface area contributed by atoms with Crippen LogP contribution in [0.5, 0.6) is 0 Å². The molecule has 0 aliphatic heterocycles. The van der Waals surface area contributed by atoms with E-state index in [1.54, 1.807) is 22.2 Å². The zero-order chi connectivity index (χ0) is 6.27. The first-order chi connectivity index (χ1) is 4.36. The predicted octanol–water partition coefficient (Wildman–Crippen LogP) is 1.10. The average Bonchev–Trinajstić information content (AvgIpc) is 2.22. The molecule has 0 aliphatic rings. The molecule has 2 heterocycles. The van der Waals surface area contributed by atoms with Crippen molar-refractivity contribution in [3.8, 4) is 0 Å². The molecule has 0 N–H and O–H groups in total. The highest BCUT2D eigenvalue weighted by Gasteiger charge is 1.96. The minimum absolute atomic E-state index is 0.965. The third kappa shape index (κ3) is 0.632. The van der Waals surface area contributed by atoms with Crippen LogP contribution in [0.2, 0.25) is 0 Å². The lowest BCUT2D eigenvalue weighted by Crippen LogP contribution is -1.75. The van der Waals surface area contributed by atoms with Crippen LogP contribution < -0.4 is 0 Å². The fourth-order valence-electron chi connectivity index (χ4n) is 0.744. The van der Waals surface area contributed by atoms with Crippen LogP contribution in [-0.2, 0) is 0 Å². The number of nitrogens with zero attached hydrogens (tertiary/aromatic N) is 3. The van der Waals surface area contributed by atoms with Gasteiger partial charge in [0.25, 0.3) is 0 Å². The van der Waals surface area contributed by atoms with Crippen LogP contribution >= 0.6 is 11.3 Å². The third-order valence-corrected chi connectivity index (χ3v) is 2.00. The summed E-state index contributed by atoms with van der Waals surface area (Å²) in [4.78, 5) is 6.22. The van der Waals surface area contributed by atoms with Gasteiger partial charge < -0.3 is 0 Å². The molecule has 4 heteroatoms. The molecule has 0 saturated carbocycles. The van der Waals surface area contributed by atoms with Crippen LogP contribution in [0.4, 0.5) is 0 Å². The van der Waals surface area contributed by atoms with Gasteiger partial charge in [-0.2, -0.15) is 5.10 Å². The molecule has 0 atom stereocenters. The highest BCUT2D eigenvalue weighted by atomic mass is 32.1. The fraction of sp³-hybridized carbons (Fsp3) is 0.200. The van der Waals surface area contributed by atoms with E-state index < -0.39 is 0 Å². The lowest BCUT2D eigenvalue weighted by atomic mass is 10.7. The van der Waals surface area contributed by atoms with Crippen LogP contribution in [-0.4, -0.2) is 14.6 Å². The third-order valence-electron chi connectivity index (χ3n) is 1.10. The van der Waals surface area contributed by atoms with E-state index in [9.17, 15) is 0 Å². The molecule has 0 amide bonds. The van der Waals surface area contributed by atoms with Crippen LogP contribution in [0.3, 0.4) is 0 Å². The number of hydrogen-bond donors (Lipinski definition) is 0. The summed E-state index contributed by atoms with van der Waals surface area (Å²) in [6.45, 7) is 2.04. The molecular weight excluding hydrogens is 134 g/mol. The second-order valence-corrected chi connectivity index (χ2v) is 3.04. The lowest BCUT2D eigenvalue weighted by molar-refractivity contribution is 0.972. The quantitative estimate of drug-likeness (QED) is 0.547. The normalized spacial score (nSPS) is 10.8. The number of fused-ring (bicyclic) bond motifs is 1. The summed E-state index contributed by atoms with van der Waals surface area (Å²) >= 11 is 1.65. The van der Waals surface area contributed by atoms with Crippen LogP contribution in [0.1, 0.15) is 4.88 Å². The predicted molar refractivity (Wildman–Crippen MR) is 35.6 cm³/mol. The molecule has 0 unspecified atom stereocenters. The van der Waals surface area contributed by atoms with Crippen LogP contribution in [0.25, 0.3) is 4.96 Å². The van der Waals surface area contributed by atoms with E-state index >= 15 is 0 Å². The standard InChI is InChI=1S/C5H5N3S/c1-4-2-8-5(9-4)6-3-7-8/h2-3H,1H3. The van der Waals surface area contributed by atoms with Crippen LogP contribution in [0.15, 0.2) is 12.5 Å². The molecule has 0 saturated heterocycles. The van der Waals surface area contributed by atoms with Gasteiger partial charge in [-0.15, -0.1) is 11.3 Å². The molecule has 0 bridgehead atoms. The molecule has 46 valence electrons. The Bertz CT molecular complexity index is 293. The van der Waals surface area contributed by atoms with Gasteiger partial charge in [0.1, 0.15) is 6.33 Å². The van der Waals surface area contributed by atoms with Crippen molar-refractivity contribution in [3.63, 3.8) is 0 Å². The van der Waals surface area contributed by atoms with E-state index in [1.807, 2.05) is 13.1 Å². The molecule has 9 heavy (non-hydrogen) atoms. The largest absolute Gasteiger partial charge is 0.212 e. The fourth-order valence-corrected chi connectivity index (χ4v) is 1.48. The molecule has 0 aromatic carbocycles. The second-order valence-electron chi connectivity index (χ2n) is 1.83. The summed E-state index contributed by atoms with van der Waals surface area (Å²) in [5, 5.41) is 3.96. The molecule has 2 aromatic heterocycles. The van der Waals surface area contributed by atoms with E-state index in [-0.39, 0.29) is 0 Å². The van der Waals surface area contributed by atoms with Crippen molar-refractivity contribution in [2.45, 2.75) is 6.92 Å². The Balaban J connectivity index is 2.92. The van der Waals surface area contributed by atoms with E-state index in [0.717, 1.165) is 4.96 Å². The zero-order valence-electron chi connectivity index (χ0n) is 4.90. The number of rotatable bonds is 0. The Morgan fingerprint density at radius 2 is 2.56 bits per heavy atom. The van der Waals surface area contributed by atoms with Crippen molar-refractivity contribution < 1.29 is 0 Å². The minimum Gasteiger partial charge on any atom is -0.211 e. The topological polar surface area (TPSA) is 30.2 Å². The van der Waals surface area contributed by atoms with Gasteiger partial charge in [0, 0.05) is 11.1 Å². The molecular formula is C5H5N3S. The Hall–Kier alpha value is -0.900. The van der Waals surface area contributed by atoms with Gasteiger partial charge in [-0.3, -0.25) is 0 Å². The van der Waals surface area contributed by atoms with E-state index in [4.69, 9.17) is 0 Å². The summed E-state index contributed by atoms with van der Waals surface area (Å²) in [6, 6.07) is 0. The first-order valence-electron chi connectivity index (χ1n) is 2.62.